The van der Waals surface area contributed by atoms with Crippen LogP contribution in [0.1, 0.15) is 16.5 Å². The summed E-state index contributed by atoms with van der Waals surface area (Å²) in [5.74, 6) is 0.149. The molecule has 2 aromatic carbocycles. The van der Waals surface area contributed by atoms with E-state index in [2.05, 4.69) is 15.3 Å². The molecule has 0 saturated carbocycles. The number of amides is 2. The summed E-state index contributed by atoms with van der Waals surface area (Å²) in [6.45, 7) is 0.130. The van der Waals surface area contributed by atoms with E-state index in [1.54, 1.807) is 12.4 Å². The highest BCUT2D eigenvalue weighted by Crippen LogP contribution is 2.42. The average Bonchev–Trinajstić information content (AvgIpc) is 3.57. The lowest BCUT2D eigenvalue weighted by atomic mass is 10.2. The Balaban J connectivity index is 1.33. The van der Waals surface area contributed by atoms with Crippen LogP contribution in [0.25, 0.3) is 11.3 Å². The predicted molar refractivity (Wildman–Crippen MR) is 138 cm³/mol. The van der Waals surface area contributed by atoms with Crippen LogP contribution in [-0.4, -0.2) is 38.7 Å². The summed E-state index contributed by atoms with van der Waals surface area (Å²) in [4.78, 5) is 36.7. The maximum absolute atomic E-state index is 13.3. The van der Waals surface area contributed by atoms with E-state index in [0.29, 0.717) is 10.9 Å². The lowest BCUT2D eigenvalue weighted by Crippen LogP contribution is -2.45. The number of hydrogen-bond donors (Lipinski definition) is 1. The molecule has 2 amide bonds. The molecule has 4 aromatic rings. The first-order valence-electron chi connectivity index (χ1n) is 11.0. The highest BCUT2D eigenvalue weighted by molar-refractivity contribution is 7.99. The Labute approximate surface area is 211 Å². The molecule has 176 valence electrons. The second-order valence-corrected chi connectivity index (χ2v) is 9.79. The topological polar surface area (TPSA) is 84.4 Å². The molecule has 3 heterocycles. The number of hydrogen-bond acceptors (Lipinski definition) is 7. The van der Waals surface area contributed by atoms with Crippen molar-refractivity contribution in [2.75, 3.05) is 11.1 Å². The second kappa shape index (κ2) is 10.7. The summed E-state index contributed by atoms with van der Waals surface area (Å²) >= 11 is 2.88. The molecule has 1 aliphatic rings. The molecule has 1 N–H and O–H groups in total. The van der Waals surface area contributed by atoms with Crippen LogP contribution in [0.4, 0.5) is 9.93 Å². The number of carbonyl (C=O) groups excluding carboxylic acids is 2. The van der Waals surface area contributed by atoms with Gasteiger partial charge >= 0.3 is 6.09 Å². The Bertz CT molecular complexity index is 1290. The van der Waals surface area contributed by atoms with Gasteiger partial charge in [-0.15, -0.1) is 23.1 Å². The fourth-order valence-corrected chi connectivity index (χ4v) is 5.91. The maximum atomic E-state index is 13.3. The number of anilines is 1. The average molecular weight is 503 g/mol. The van der Waals surface area contributed by atoms with Crippen LogP contribution in [0.5, 0.6) is 0 Å². The van der Waals surface area contributed by atoms with Gasteiger partial charge in [0, 0.05) is 29.1 Å². The number of pyridine rings is 1. The third-order valence-corrected chi connectivity index (χ3v) is 7.60. The standard InChI is InChI=1S/C26H22N4O3S2/c31-23(29-25-28-21(16-35-25)19-9-5-2-6-10-19)22-17-34-24(20-11-13-27-14-12-20)30(22)26(32)33-15-18-7-3-1-4-8-18/h1-14,16,22,24H,15,17H2,(H,28,29,31). The van der Waals surface area contributed by atoms with Gasteiger partial charge in [-0.2, -0.15) is 0 Å². The summed E-state index contributed by atoms with van der Waals surface area (Å²) in [5, 5.41) is 4.94. The normalized spacial score (nSPS) is 17.2. The molecule has 5 rings (SSSR count). The van der Waals surface area contributed by atoms with Crippen LogP contribution < -0.4 is 5.32 Å². The van der Waals surface area contributed by atoms with Gasteiger partial charge in [0.25, 0.3) is 0 Å². The number of nitrogens with zero attached hydrogens (tertiary/aromatic N) is 3. The van der Waals surface area contributed by atoms with Crippen molar-refractivity contribution in [2.24, 2.45) is 0 Å². The van der Waals surface area contributed by atoms with Gasteiger partial charge in [-0.1, -0.05) is 60.7 Å². The summed E-state index contributed by atoms with van der Waals surface area (Å²) in [5.41, 5.74) is 3.54. The molecule has 1 aliphatic heterocycles. The number of nitrogens with one attached hydrogen (secondary N) is 1. The van der Waals surface area contributed by atoms with E-state index in [9.17, 15) is 9.59 Å². The molecule has 35 heavy (non-hydrogen) atoms. The first kappa shape index (κ1) is 23.1. The number of aromatic nitrogens is 2. The van der Waals surface area contributed by atoms with Gasteiger partial charge in [-0.05, 0) is 23.3 Å². The summed E-state index contributed by atoms with van der Waals surface area (Å²) < 4.78 is 5.62. The van der Waals surface area contributed by atoms with E-state index >= 15 is 0 Å². The number of ether oxygens (including phenoxy) is 1. The molecular formula is C26H22N4O3S2. The van der Waals surface area contributed by atoms with Crippen molar-refractivity contribution >= 4 is 40.2 Å². The number of benzene rings is 2. The fraction of sp³-hybridized carbons (Fsp3) is 0.154. The van der Waals surface area contributed by atoms with Crippen LogP contribution in [0.2, 0.25) is 0 Å². The molecular weight excluding hydrogens is 480 g/mol. The molecule has 2 aromatic heterocycles. The summed E-state index contributed by atoms with van der Waals surface area (Å²) in [7, 11) is 0. The van der Waals surface area contributed by atoms with E-state index in [-0.39, 0.29) is 17.9 Å². The molecule has 0 aliphatic carbocycles. The van der Waals surface area contributed by atoms with Gasteiger partial charge in [0.1, 0.15) is 18.0 Å². The van der Waals surface area contributed by atoms with Gasteiger partial charge < -0.3 is 10.1 Å². The van der Waals surface area contributed by atoms with Gasteiger partial charge in [-0.3, -0.25) is 14.7 Å². The summed E-state index contributed by atoms with van der Waals surface area (Å²) in [6.07, 6.45) is 2.82. The molecule has 9 heteroatoms. The Hall–Kier alpha value is -3.69. The molecule has 7 nitrogen and oxygen atoms in total. The first-order chi connectivity index (χ1) is 17.2. The van der Waals surface area contributed by atoms with Crippen LogP contribution in [0.3, 0.4) is 0 Å². The highest BCUT2D eigenvalue weighted by Gasteiger charge is 2.43. The van der Waals surface area contributed by atoms with E-state index in [0.717, 1.165) is 22.4 Å². The van der Waals surface area contributed by atoms with Crippen molar-refractivity contribution in [3.63, 3.8) is 0 Å². The lowest BCUT2D eigenvalue weighted by Gasteiger charge is -2.28. The minimum Gasteiger partial charge on any atom is -0.444 e. The Morgan fingerprint density at radius 1 is 1.00 bits per heavy atom. The molecule has 2 atom stereocenters. The lowest BCUT2D eigenvalue weighted by molar-refractivity contribution is -0.120. The minimum atomic E-state index is -0.703. The van der Waals surface area contributed by atoms with Crippen LogP contribution in [-0.2, 0) is 16.1 Å². The second-order valence-electron chi connectivity index (χ2n) is 7.82. The number of thioether (sulfide) groups is 1. The van der Waals surface area contributed by atoms with Crippen LogP contribution in [0, 0.1) is 0 Å². The quantitative estimate of drug-likeness (QED) is 0.370. The Morgan fingerprint density at radius 3 is 2.46 bits per heavy atom. The zero-order valence-electron chi connectivity index (χ0n) is 18.6. The highest BCUT2D eigenvalue weighted by atomic mass is 32.2. The predicted octanol–water partition coefficient (Wildman–Crippen LogP) is 5.60. The first-order valence-corrected chi connectivity index (χ1v) is 12.9. The molecule has 0 bridgehead atoms. The number of thiazole rings is 1. The molecule has 1 fully saturated rings. The largest absolute Gasteiger partial charge is 0.444 e. The van der Waals surface area contributed by atoms with Crippen molar-refractivity contribution in [3.05, 3.63) is 102 Å². The Kier molecular flexibility index (Phi) is 7.06. The van der Waals surface area contributed by atoms with E-state index < -0.39 is 12.1 Å². The van der Waals surface area contributed by atoms with E-state index in [1.165, 1.54) is 28.0 Å². The SMILES string of the molecule is O=C(Nc1nc(-c2ccccc2)cs1)C1CSC(c2ccncc2)N1C(=O)OCc1ccccc1. The molecule has 2 unspecified atom stereocenters. The Morgan fingerprint density at radius 2 is 1.71 bits per heavy atom. The van der Waals surface area contributed by atoms with E-state index in [1.807, 2.05) is 78.2 Å². The fourth-order valence-electron chi connectivity index (χ4n) is 3.77. The van der Waals surface area contributed by atoms with Crippen molar-refractivity contribution in [1.29, 1.82) is 0 Å². The van der Waals surface area contributed by atoms with Crippen LogP contribution in [0.15, 0.2) is 90.6 Å². The zero-order valence-corrected chi connectivity index (χ0v) is 20.2. The number of rotatable bonds is 6. The van der Waals surface area contributed by atoms with Crippen LogP contribution >= 0.6 is 23.1 Å². The van der Waals surface area contributed by atoms with Gasteiger partial charge in [0.15, 0.2) is 5.13 Å². The minimum absolute atomic E-state index is 0.130. The monoisotopic (exact) mass is 502 g/mol. The van der Waals surface area contributed by atoms with Crippen molar-refractivity contribution in [3.8, 4) is 11.3 Å². The smallest absolute Gasteiger partial charge is 0.412 e. The van der Waals surface area contributed by atoms with E-state index in [4.69, 9.17) is 4.74 Å². The van der Waals surface area contributed by atoms with Crippen molar-refractivity contribution in [2.45, 2.75) is 18.0 Å². The van der Waals surface area contributed by atoms with Gasteiger partial charge in [-0.25, -0.2) is 9.78 Å². The third kappa shape index (κ3) is 5.36. The van der Waals surface area contributed by atoms with Crippen molar-refractivity contribution < 1.29 is 14.3 Å². The van der Waals surface area contributed by atoms with Gasteiger partial charge in [0.2, 0.25) is 5.91 Å². The van der Waals surface area contributed by atoms with Crippen molar-refractivity contribution in [1.82, 2.24) is 14.9 Å². The zero-order chi connectivity index (χ0) is 24.0. The number of carbonyl (C=O) groups is 2. The third-order valence-electron chi connectivity index (χ3n) is 5.51. The molecule has 1 saturated heterocycles. The molecule has 0 spiro atoms. The van der Waals surface area contributed by atoms with Gasteiger partial charge in [0.05, 0.1) is 5.69 Å². The summed E-state index contributed by atoms with van der Waals surface area (Å²) in [6, 6.07) is 22.2. The molecule has 0 radical (unpaired) electrons. The maximum Gasteiger partial charge on any atom is 0.412 e.